The molecule has 0 N–H and O–H groups in total. The smallest absolute Gasteiger partial charge is 0.346 e. The fraction of sp³-hybridized carbons (Fsp3) is 0.238. The van der Waals surface area contributed by atoms with Crippen LogP contribution in [0, 0.1) is 0 Å². The molecule has 6 nitrogen and oxygen atoms in total. The van der Waals surface area contributed by atoms with Crippen LogP contribution in [0.5, 0.6) is 11.5 Å². The van der Waals surface area contributed by atoms with Crippen molar-refractivity contribution < 1.29 is 23.8 Å². The lowest BCUT2D eigenvalue weighted by molar-refractivity contribution is -0.147. The fourth-order valence-electron chi connectivity index (χ4n) is 2.68. The number of rotatable bonds is 5. The predicted molar refractivity (Wildman–Crippen MR) is 102 cm³/mol. The first-order valence-electron chi connectivity index (χ1n) is 8.49. The van der Waals surface area contributed by atoms with Gasteiger partial charge in [-0.25, -0.2) is 4.79 Å². The highest BCUT2D eigenvalue weighted by Gasteiger charge is 2.28. The molecule has 0 spiro atoms. The molecule has 0 aliphatic carbocycles. The average molecular weight is 367 g/mol. The van der Waals surface area contributed by atoms with Crippen LogP contribution in [0.15, 0.2) is 48.2 Å². The van der Waals surface area contributed by atoms with Gasteiger partial charge in [-0.3, -0.25) is 4.79 Å². The number of hydrogen-bond donors (Lipinski definition) is 0. The molecule has 1 aliphatic rings. The summed E-state index contributed by atoms with van der Waals surface area (Å²) in [4.78, 5) is 26.0. The number of methoxy groups -OCH3 is 1. The van der Waals surface area contributed by atoms with Gasteiger partial charge >= 0.3 is 5.97 Å². The standard InChI is InChI=1S/C21H21NO5/c1-13(21(24)25-4)26-16-9-10-17-18(12-16)27-19(20(17)23)11-14-5-7-15(8-6-14)22(2)3/h5-13H,1-4H3/b19-11-. The van der Waals surface area contributed by atoms with Crippen LogP contribution in [-0.4, -0.2) is 39.1 Å². The first-order valence-corrected chi connectivity index (χ1v) is 8.49. The minimum Gasteiger partial charge on any atom is -0.479 e. The van der Waals surface area contributed by atoms with Gasteiger partial charge in [-0.2, -0.15) is 0 Å². The Morgan fingerprint density at radius 3 is 2.48 bits per heavy atom. The number of ketones is 1. The summed E-state index contributed by atoms with van der Waals surface area (Å²) in [5.41, 5.74) is 2.40. The van der Waals surface area contributed by atoms with Gasteiger partial charge in [-0.15, -0.1) is 0 Å². The van der Waals surface area contributed by atoms with E-state index >= 15 is 0 Å². The van der Waals surface area contributed by atoms with Crippen molar-refractivity contribution in [1.82, 2.24) is 0 Å². The molecular weight excluding hydrogens is 346 g/mol. The van der Waals surface area contributed by atoms with E-state index < -0.39 is 12.1 Å². The molecule has 140 valence electrons. The highest BCUT2D eigenvalue weighted by molar-refractivity contribution is 6.14. The van der Waals surface area contributed by atoms with Crippen LogP contribution in [0.3, 0.4) is 0 Å². The van der Waals surface area contributed by atoms with E-state index in [4.69, 9.17) is 9.47 Å². The van der Waals surface area contributed by atoms with Crippen LogP contribution in [-0.2, 0) is 9.53 Å². The third-order valence-electron chi connectivity index (χ3n) is 4.19. The van der Waals surface area contributed by atoms with Crippen molar-refractivity contribution in [2.45, 2.75) is 13.0 Å². The Hall–Kier alpha value is -3.28. The van der Waals surface area contributed by atoms with Crippen molar-refractivity contribution in [1.29, 1.82) is 0 Å². The number of benzene rings is 2. The highest BCUT2D eigenvalue weighted by Crippen LogP contribution is 2.35. The molecule has 1 atom stereocenters. The summed E-state index contributed by atoms with van der Waals surface area (Å²) < 4.78 is 15.9. The first kappa shape index (κ1) is 18.5. The lowest BCUT2D eigenvalue weighted by atomic mass is 10.1. The Morgan fingerprint density at radius 1 is 1.15 bits per heavy atom. The van der Waals surface area contributed by atoms with Gasteiger partial charge < -0.3 is 19.1 Å². The van der Waals surface area contributed by atoms with Crippen molar-refractivity contribution in [3.8, 4) is 11.5 Å². The second-order valence-electron chi connectivity index (χ2n) is 6.37. The zero-order valence-electron chi connectivity index (χ0n) is 15.7. The molecule has 2 aromatic carbocycles. The Morgan fingerprint density at radius 2 is 1.85 bits per heavy atom. The maximum atomic E-state index is 12.5. The predicted octanol–water partition coefficient (Wildman–Crippen LogP) is 3.31. The van der Waals surface area contributed by atoms with E-state index in [0.29, 0.717) is 17.1 Å². The van der Waals surface area contributed by atoms with Gasteiger partial charge in [0.25, 0.3) is 0 Å². The number of carbonyl (C=O) groups is 2. The minimum atomic E-state index is -0.754. The Balaban J connectivity index is 1.79. The Bertz CT molecular complexity index is 899. The summed E-state index contributed by atoms with van der Waals surface area (Å²) >= 11 is 0. The molecule has 0 radical (unpaired) electrons. The molecule has 1 aliphatic heterocycles. The minimum absolute atomic E-state index is 0.186. The van der Waals surface area contributed by atoms with Gasteiger partial charge in [0.05, 0.1) is 12.7 Å². The molecule has 0 bridgehead atoms. The summed E-state index contributed by atoms with van der Waals surface area (Å²) in [5, 5.41) is 0. The molecule has 1 heterocycles. The number of allylic oxidation sites excluding steroid dienone is 1. The summed E-state index contributed by atoms with van der Waals surface area (Å²) in [6.45, 7) is 1.59. The SMILES string of the molecule is COC(=O)C(C)Oc1ccc2c(c1)O/C(=C\c1ccc(N(C)C)cc1)C2=O. The number of anilines is 1. The lowest BCUT2D eigenvalue weighted by Crippen LogP contribution is -2.24. The van der Waals surface area contributed by atoms with Gasteiger partial charge in [-0.1, -0.05) is 12.1 Å². The summed E-state index contributed by atoms with van der Waals surface area (Å²) in [6, 6.07) is 12.7. The van der Waals surface area contributed by atoms with Crippen molar-refractivity contribution in [3.05, 3.63) is 59.4 Å². The number of esters is 1. The van der Waals surface area contributed by atoms with Crippen LogP contribution in [0.4, 0.5) is 5.69 Å². The van der Waals surface area contributed by atoms with Crippen LogP contribution in [0.1, 0.15) is 22.8 Å². The van der Waals surface area contributed by atoms with E-state index in [1.807, 2.05) is 43.3 Å². The monoisotopic (exact) mass is 367 g/mol. The molecule has 0 amide bonds. The number of nitrogens with zero attached hydrogens (tertiary/aromatic N) is 1. The van der Waals surface area contributed by atoms with Crippen LogP contribution in [0.25, 0.3) is 6.08 Å². The molecule has 0 aromatic heterocycles. The third-order valence-corrected chi connectivity index (χ3v) is 4.19. The molecule has 0 saturated heterocycles. The van der Waals surface area contributed by atoms with Crippen LogP contribution in [0.2, 0.25) is 0 Å². The quantitative estimate of drug-likeness (QED) is 0.597. The van der Waals surface area contributed by atoms with Crippen molar-refractivity contribution in [2.75, 3.05) is 26.1 Å². The van der Waals surface area contributed by atoms with E-state index in [2.05, 4.69) is 4.74 Å². The molecular formula is C21H21NO5. The summed E-state index contributed by atoms with van der Waals surface area (Å²) in [6.07, 6.45) is 0.953. The van der Waals surface area contributed by atoms with E-state index in [1.54, 1.807) is 31.2 Å². The zero-order chi connectivity index (χ0) is 19.6. The van der Waals surface area contributed by atoms with Crippen LogP contribution >= 0.6 is 0 Å². The van der Waals surface area contributed by atoms with Gasteiger partial charge in [0.1, 0.15) is 11.5 Å². The maximum Gasteiger partial charge on any atom is 0.346 e. The summed E-state index contributed by atoms with van der Waals surface area (Å²) in [5.74, 6) is 0.422. The lowest BCUT2D eigenvalue weighted by Gasteiger charge is -2.12. The van der Waals surface area contributed by atoms with Gasteiger partial charge in [0, 0.05) is 25.8 Å². The molecule has 0 saturated carbocycles. The second kappa shape index (κ2) is 7.53. The molecule has 27 heavy (non-hydrogen) atoms. The largest absolute Gasteiger partial charge is 0.479 e. The second-order valence-corrected chi connectivity index (χ2v) is 6.37. The first-order chi connectivity index (χ1) is 12.9. The van der Waals surface area contributed by atoms with Crippen molar-refractivity contribution in [2.24, 2.45) is 0 Å². The van der Waals surface area contributed by atoms with E-state index in [9.17, 15) is 9.59 Å². The van der Waals surface area contributed by atoms with Crippen molar-refractivity contribution in [3.63, 3.8) is 0 Å². The fourth-order valence-corrected chi connectivity index (χ4v) is 2.68. The molecule has 0 fully saturated rings. The van der Waals surface area contributed by atoms with Gasteiger partial charge in [-0.05, 0) is 42.8 Å². The number of hydrogen-bond acceptors (Lipinski definition) is 6. The Labute approximate surface area is 158 Å². The molecule has 2 aromatic rings. The Kier molecular flexibility index (Phi) is 5.16. The molecule has 3 rings (SSSR count). The van der Waals surface area contributed by atoms with Gasteiger partial charge in [0.2, 0.25) is 5.78 Å². The van der Waals surface area contributed by atoms with Gasteiger partial charge in [0.15, 0.2) is 11.9 Å². The normalized spacial score (nSPS) is 15.1. The average Bonchev–Trinajstić information content (AvgIpc) is 2.96. The molecule has 1 unspecified atom stereocenters. The third kappa shape index (κ3) is 3.95. The number of fused-ring (bicyclic) bond motifs is 1. The maximum absolute atomic E-state index is 12.5. The van der Waals surface area contributed by atoms with E-state index in [0.717, 1.165) is 11.3 Å². The number of Topliss-reactive ketones (excluding diaryl/α,β-unsaturated/α-hetero) is 1. The van der Waals surface area contributed by atoms with E-state index in [-0.39, 0.29) is 11.5 Å². The molecule has 6 heteroatoms. The topological polar surface area (TPSA) is 65.1 Å². The number of ether oxygens (including phenoxy) is 3. The number of carbonyl (C=O) groups excluding carboxylic acids is 2. The van der Waals surface area contributed by atoms with E-state index in [1.165, 1.54) is 7.11 Å². The zero-order valence-corrected chi connectivity index (χ0v) is 15.7. The van der Waals surface area contributed by atoms with Crippen molar-refractivity contribution >= 4 is 23.5 Å². The highest BCUT2D eigenvalue weighted by atomic mass is 16.6. The van der Waals surface area contributed by atoms with Crippen LogP contribution < -0.4 is 14.4 Å². The summed E-state index contributed by atoms with van der Waals surface area (Å²) in [7, 11) is 5.23.